The second-order valence-corrected chi connectivity index (χ2v) is 14.8. The van der Waals surface area contributed by atoms with Gasteiger partial charge in [-0.25, -0.2) is 0 Å². The summed E-state index contributed by atoms with van der Waals surface area (Å²) in [6, 6.07) is 19.6. The molecule has 3 nitrogen and oxygen atoms in total. The van der Waals surface area contributed by atoms with E-state index in [-0.39, 0.29) is 43.5 Å². The van der Waals surface area contributed by atoms with Crippen molar-refractivity contribution in [3.8, 4) is 11.3 Å². The zero-order valence-electron chi connectivity index (χ0n) is 30.6. The van der Waals surface area contributed by atoms with E-state index in [2.05, 4.69) is 90.1 Å². The summed E-state index contributed by atoms with van der Waals surface area (Å²) in [6.45, 7) is 21.6. The van der Waals surface area contributed by atoms with Crippen LogP contribution in [0.15, 0.2) is 60.5 Å². The molecule has 1 radical (unpaired) electrons. The average molecular weight is 841 g/mol. The van der Waals surface area contributed by atoms with E-state index >= 15 is 0 Å². The summed E-state index contributed by atoms with van der Waals surface area (Å²) in [6.07, 6.45) is 7.97. The monoisotopic (exact) mass is 841 g/mol. The third kappa shape index (κ3) is 8.83. The molecule has 0 saturated heterocycles. The maximum Gasteiger partial charge on any atom is 0.162 e. The van der Waals surface area contributed by atoms with Gasteiger partial charge in [0.05, 0.1) is 5.76 Å². The normalized spacial score (nSPS) is 12.0. The number of nitrogens with zero attached hydrogens (tertiary/aromatic N) is 1. The van der Waals surface area contributed by atoms with E-state index < -0.39 is 0 Å². The van der Waals surface area contributed by atoms with Gasteiger partial charge in [0.2, 0.25) is 0 Å². The molecular weight excluding hydrogens is 787 g/mol. The molecule has 0 atom stereocenters. The Bertz CT molecular complexity index is 1880. The van der Waals surface area contributed by atoms with Crippen LogP contribution in [0, 0.1) is 37.7 Å². The fraction of sp³-hybridized carbons (Fsp3) is 0.442. The van der Waals surface area contributed by atoms with Crippen LogP contribution >= 0.6 is 11.3 Å². The van der Waals surface area contributed by atoms with Gasteiger partial charge in [-0.3, -0.25) is 9.78 Å². The first-order valence-electron chi connectivity index (χ1n) is 17.6. The number of aliphatic hydroxyl groups is 1. The van der Waals surface area contributed by atoms with Crippen molar-refractivity contribution in [3.63, 3.8) is 0 Å². The van der Waals surface area contributed by atoms with Gasteiger partial charge < -0.3 is 5.11 Å². The van der Waals surface area contributed by atoms with Crippen molar-refractivity contribution in [2.45, 2.75) is 107 Å². The topological polar surface area (TPSA) is 50.2 Å². The molecule has 0 fully saturated rings. The minimum absolute atomic E-state index is 0. The van der Waals surface area contributed by atoms with Gasteiger partial charge in [0, 0.05) is 64.7 Å². The van der Waals surface area contributed by atoms with Crippen LogP contribution in [0.5, 0.6) is 0 Å². The number of carbonyl (C=O) groups is 1. The first-order valence-corrected chi connectivity index (χ1v) is 18.5. The van der Waals surface area contributed by atoms with Crippen molar-refractivity contribution in [2.24, 2.45) is 17.8 Å². The predicted octanol–water partition coefficient (Wildman–Crippen LogP) is 12.9. The summed E-state index contributed by atoms with van der Waals surface area (Å²) in [5.74, 6) is 1.62. The second kappa shape index (κ2) is 17.7. The summed E-state index contributed by atoms with van der Waals surface area (Å²) in [5.41, 5.74) is 7.60. The molecule has 2 aromatic heterocycles. The Morgan fingerprint density at radius 2 is 1.54 bits per heavy atom. The summed E-state index contributed by atoms with van der Waals surface area (Å²) in [4.78, 5) is 16.6. The van der Waals surface area contributed by atoms with E-state index in [1.165, 1.54) is 59.3 Å². The van der Waals surface area contributed by atoms with Crippen molar-refractivity contribution < 1.29 is 30.0 Å². The number of rotatable bonds is 11. The van der Waals surface area contributed by atoms with Gasteiger partial charge in [-0.1, -0.05) is 102 Å². The fourth-order valence-corrected chi connectivity index (χ4v) is 8.12. The quantitative estimate of drug-likeness (QED) is 0.0819. The van der Waals surface area contributed by atoms with Gasteiger partial charge in [-0.05, 0) is 74.8 Å². The molecule has 0 saturated carbocycles. The number of thiophene rings is 1. The molecular formula is C43H54IrNO2S-. The molecule has 259 valence electrons. The summed E-state index contributed by atoms with van der Waals surface area (Å²) in [7, 11) is 0. The summed E-state index contributed by atoms with van der Waals surface area (Å²) < 4.78 is 2.68. The van der Waals surface area contributed by atoms with E-state index in [0.717, 1.165) is 43.4 Å². The fourth-order valence-electron chi connectivity index (χ4n) is 6.80. The molecule has 5 rings (SSSR count). The maximum absolute atomic E-state index is 11.7. The minimum atomic E-state index is 0. The van der Waals surface area contributed by atoms with Gasteiger partial charge in [0.15, 0.2) is 5.78 Å². The number of ketones is 1. The number of aryl methyl sites for hydroxylation is 2. The third-order valence-electron chi connectivity index (χ3n) is 9.42. The van der Waals surface area contributed by atoms with Crippen LogP contribution < -0.4 is 0 Å². The Hall–Kier alpha value is -2.85. The zero-order valence-corrected chi connectivity index (χ0v) is 33.8. The van der Waals surface area contributed by atoms with Crippen LogP contribution in [-0.2, 0) is 31.3 Å². The van der Waals surface area contributed by atoms with Crippen LogP contribution in [0.3, 0.4) is 0 Å². The molecule has 3 aromatic carbocycles. The number of pyridine rings is 1. The van der Waals surface area contributed by atoms with Gasteiger partial charge >= 0.3 is 0 Å². The third-order valence-corrected chi connectivity index (χ3v) is 10.7. The number of carbonyl (C=O) groups excluding carboxylic acids is 1. The molecule has 0 amide bonds. The molecule has 5 aromatic rings. The van der Waals surface area contributed by atoms with Crippen LogP contribution in [0.25, 0.3) is 42.2 Å². The molecule has 0 aliphatic carbocycles. The molecule has 0 spiro atoms. The molecule has 0 aliphatic heterocycles. The Morgan fingerprint density at radius 1 is 0.896 bits per heavy atom. The number of allylic oxidation sites excluding steroid dienone is 2. The van der Waals surface area contributed by atoms with Crippen molar-refractivity contribution in [1.82, 2.24) is 4.98 Å². The van der Waals surface area contributed by atoms with Gasteiger partial charge in [-0.2, -0.15) is 0 Å². The number of aromatic nitrogens is 1. The predicted molar refractivity (Wildman–Crippen MR) is 205 cm³/mol. The van der Waals surface area contributed by atoms with E-state index in [4.69, 9.17) is 4.98 Å². The van der Waals surface area contributed by atoms with Crippen LogP contribution in [0.4, 0.5) is 0 Å². The maximum atomic E-state index is 11.7. The van der Waals surface area contributed by atoms with Crippen molar-refractivity contribution in [2.75, 3.05) is 0 Å². The van der Waals surface area contributed by atoms with Crippen molar-refractivity contribution in [3.05, 3.63) is 88.8 Å². The number of hydrogen-bond acceptors (Lipinski definition) is 4. The summed E-state index contributed by atoms with van der Waals surface area (Å²) in [5, 5.41) is 15.0. The molecule has 2 heterocycles. The average Bonchev–Trinajstić information content (AvgIpc) is 3.41. The second-order valence-electron chi connectivity index (χ2n) is 13.8. The summed E-state index contributed by atoms with van der Waals surface area (Å²) >= 11 is 1.90. The minimum Gasteiger partial charge on any atom is -0.512 e. The molecule has 0 aliphatic rings. The standard InChI is InChI=1S/C30H30NS.C13H24O2.Ir/c1-17(2)12-21-8-7-9-24-25-10-11-31-28(30(25)32-29(21)24)23-15-22-14-19(5)13-20(6)27(22)26(16-23)18(3)4;1-5-10(6-2)12(14)9-13(15)11(7-3)8-4;/h7-11,13-14,16-18H,12H2,1-6H3;9-11,14H,5-8H2,1-4H3;/q-1;;/b;12-9-;. The number of hydrogen-bond donors (Lipinski definition) is 1. The molecule has 0 unspecified atom stereocenters. The smallest absolute Gasteiger partial charge is 0.162 e. The van der Waals surface area contributed by atoms with E-state index in [0.29, 0.717) is 11.8 Å². The zero-order chi connectivity index (χ0) is 34.4. The molecule has 0 bridgehead atoms. The van der Waals surface area contributed by atoms with Crippen LogP contribution in [0.2, 0.25) is 0 Å². The van der Waals surface area contributed by atoms with E-state index in [1.54, 1.807) is 0 Å². The Balaban J connectivity index is 0.000000334. The van der Waals surface area contributed by atoms with Crippen molar-refractivity contribution >= 4 is 48.1 Å². The van der Waals surface area contributed by atoms with Crippen LogP contribution in [0.1, 0.15) is 109 Å². The first-order chi connectivity index (χ1) is 22.4. The SMILES string of the molecule is CCC(CC)C(=O)/C=C(\O)C(CC)CC.Cc1cc(C)c2c(C(C)C)cc(-c3nccc4c3sc3c(CC(C)C)cccc34)[c-]c2c1.[Ir]. The Kier molecular flexibility index (Phi) is 14.6. The largest absolute Gasteiger partial charge is 0.512 e. The number of benzene rings is 3. The van der Waals surface area contributed by atoms with E-state index in [1.807, 2.05) is 45.2 Å². The Morgan fingerprint density at radius 3 is 2.15 bits per heavy atom. The van der Waals surface area contributed by atoms with E-state index in [9.17, 15) is 9.90 Å². The Labute approximate surface area is 306 Å². The van der Waals surface area contributed by atoms with Crippen molar-refractivity contribution in [1.29, 1.82) is 0 Å². The molecule has 1 N–H and O–H groups in total. The van der Waals surface area contributed by atoms with Gasteiger partial charge in [-0.15, -0.1) is 40.5 Å². The van der Waals surface area contributed by atoms with Gasteiger partial charge in [0.25, 0.3) is 0 Å². The first kappa shape index (κ1) is 39.6. The number of aliphatic hydroxyl groups excluding tert-OH is 1. The molecule has 5 heteroatoms. The van der Waals surface area contributed by atoms with Gasteiger partial charge in [0.1, 0.15) is 0 Å². The van der Waals surface area contributed by atoms with Crippen LogP contribution in [-0.4, -0.2) is 15.9 Å². The number of fused-ring (bicyclic) bond motifs is 4. The molecule has 48 heavy (non-hydrogen) atoms.